The molecule has 0 radical (unpaired) electrons. The van der Waals surface area contributed by atoms with Gasteiger partial charge < -0.3 is 10.6 Å². The van der Waals surface area contributed by atoms with Gasteiger partial charge in [-0.15, -0.1) is 0 Å². The Hall–Kier alpha value is -2.63. The molecule has 0 fully saturated rings. The van der Waals surface area contributed by atoms with E-state index in [1.54, 1.807) is 12.3 Å². The third-order valence-corrected chi connectivity index (χ3v) is 2.96. The van der Waals surface area contributed by atoms with Crippen LogP contribution in [0.15, 0.2) is 36.5 Å². The minimum atomic E-state index is -0.353. The van der Waals surface area contributed by atoms with E-state index in [-0.39, 0.29) is 12.0 Å². The molecule has 0 aliphatic heterocycles. The van der Waals surface area contributed by atoms with Gasteiger partial charge in [0, 0.05) is 18.9 Å². The average Bonchev–Trinajstić information content (AvgIpc) is 2.48. The van der Waals surface area contributed by atoms with Crippen LogP contribution < -0.4 is 16.0 Å². The second-order valence-electron chi connectivity index (χ2n) is 4.87. The molecule has 0 bridgehead atoms. The highest BCUT2D eigenvalue weighted by Gasteiger charge is 2.04. The van der Waals surface area contributed by atoms with Gasteiger partial charge in [-0.2, -0.15) is 4.98 Å². The van der Waals surface area contributed by atoms with Gasteiger partial charge in [-0.05, 0) is 29.7 Å². The number of hydrogen-bond acceptors (Lipinski definition) is 4. The molecule has 0 spiro atoms. The van der Waals surface area contributed by atoms with Gasteiger partial charge in [0.25, 0.3) is 0 Å². The van der Waals surface area contributed by atoms with Crippen LogP contribution in [0.4, 0.5) is 22.2 Å². The van der Waals surface area contributed by atoms with Crippen LogP contribution in [0.1, 0.15) is 25.3 Å². The predicted molar refractivity (Wildman–Crippen MR) is 83.9 cm³/mol. The summed E-state index contributed by atoms with van der Waals surface area (Å²) in [5, 5.41) is 8.16. The highest BCUT2D eigenvalue weighted by atomic mass is 16.2. The summed E-state index contributed by atoms with van der Waals surface area (Å²) in [5.74, 6) is 1.37. The quantitative estimate of drug-likeness (QED) is 0.806. The van der Waals surface area contributed by atoms with Gasteiger partial charge in [-0.25, -0.2) is 9.78 Å². The summed E-state index contributed by atoms with van der Waals surface area (Å²) in [5.41, 5.74) is 2.22. The zero-order valence-electron chi connectivity index (χ0n) is 12.3. The molecule has 1 aromatic heterocycles. The van der Waals surface area contributed by atoms with Crippen molar-refractivity contribution in [3.63, 3.8) is 0 Å². The largest absolute Gasteiger partial charge is 0.341 e. The van der Waals surface area contributed by atoms with Crippen molar-refractivity contribution in [2.75, 3.05) is 17.7 Å². The number of rotatable bonds is 4. The number of urea groups is 1. The minimum absolute atomic E-state index is 0.248. The SMILES string of the molecule is CNC(=O)Nc1nccc(Nc2ccc(C(C)C)cc2)n1. The summed E-state index contributed by atoms with van der Waals surface area (Å²) in [6.45, 7) is 4.31. The molecule has 0 unspecified atom stereocenters. The van der Waals surface area contributed by atoms with Gasteiger partial charge in [0.2, 0.25) is 5.95 Å². The van der Waals surface area contributed by atoms with Crippen molar-refractivity contribution >= 4 is 23.5 Å². The number of anilines is 3. The fourth-order valence-electron chi connectivity index (χ4n) is 1.75. The molecule has 0 saturated heterocycles. The van der Waals surface area contributed by atoms with E-state index < -0.39 is 0 Å². The van der Waals surface area contributed by atoms with E-state index >= 15 is 0 Å². The second-order valence-corrected chi connectivity index (χ2v) is 4.87. The van der Waals surface area contributed by atoms with Crippen LogP contribution in [0.25, 0.3) is 0 Å². The number of nitrogens with zero attached hydrogens (tertiary/aromatic N) is 2. The molecule has 6 heteroatoms. The van der Waals surface area contributed by atoms with Crippen molar-refractivity contribution in [1.82, 2.24) is 15.3 Å². The van der Waals surface area contributed by atoms with Crippen LogP contribution in [-0.2, 0) is 0 Å². The molecule has 2 rings (SSSR count). The molecule has 2 amide bonds. The topological polar surface area (TPSA) is 78.9 Å². The molecular formula is C15H19N5O. The average molecular weight is 285 g/mol. The van der Waals surface area contributed by atoms with Crippen molar-refractivity contribution in [2.45, 2.75) is 19.8 Å². The Kier molecular flexibility index (Phi) is 4.71. The number of carbonyl (C=O) groups is 1. The van der Waals surface area contributed by atoms with Gasteiger partial charge >= 0.3 is 6.03 Å². The lowest BCUT2D eigenvalue weighted by atomic mass is 10.0. The highest BCUT2D eigenvalue weighted by molar-refractivity contribution is 5.87. The lowest BCUT2D eigenvalue weighted by molar-refractivity contribution is 0.254. The Morgan fingerprint density at radius 1 is 1.14 bits per heavy atom. The third-order valence-electron chi connectivity index (χ3n) is 2.96. The number of aromatic nitrogens is 2. The molecule has 110 valence electrons. The van der Waals surface area contributed by atoms with E-state index in [2.05, 4.69) is 51.9 Å². The fourth-order valence-corrected chi connectivity index (χ4v) is 1.75. The Morgan fingerprint density at radius 3 is 2.48 bits per heavy atom. The molecule has 3 N–H and O–H groups in total. The van der Waals surface area contributed by atoms with E-state index in [0.717, 1.165) is 5.69 Å². The first-order chi connectivity index (χ1) is 10.1. The number of hydrogen-bond donors (Lipinski definition) is 3. The lowest BCUT2D eigenvalue weighted by Gasteiger charge is -2.09. The Morgan fingerprint density at radius 2 is 1.86 bits per heavy atom. The van der Waals surface area contributed by atoms with Gasteiger partial charge in [0.05, 0.1) is 0 Å². The normalized spacial score (nSPS) is 10.3. The molecule has 1 aromatic carbocycles. The fraction of sp³-hybridized carbons (Fsp3) is 0.267. The molecule has 0 aliphatic rings. The molecule has 1 heterocycles. The van der Waals surface area contributed by atoms with Crippen molar-refractivity contribution in [3.05, 3.63) is 42.1 Å². The summed E-state index contributed by atoms with van der Waals surface area (Å²) < 4.78 is 0. The van der Waals surface area contributed by atoms with Crippen LogP contribution in [0, 0.1) is 0 Å². The number of amides is 2. The van der Waals surface area contributed by atoms with E-state index in [0.29, 0.717) is 11.7 Å². The maximum Gasteiger partial charge on any atom is 0.321 e. The van der Waals surface area contributed by atoms with Crippen LogP contribution in [0.2, 0.25) is 0 Å². The van der Waals surface area contributed by atoms with Crippen molar-refractivity contribution in [1.29, 1.82) is 0 Å². The molecular weight excluding hydrogens is 266 g/mol. The summed E-state index contributed by atoms with van der Waals surface area (Å²) in [6, 6.07) is 9.56. The van der Waals surface area contributed by atoms with Crippen molar-refractivity contribution in [2.24, 2.45) is 0 Å². The minimum Gasteiger partial charge on any atom is -0.341 e. The van der Waals surface area contributed by atoms with Gasteiger partial charge in [0.1, 0.15) is 5.82 Å². The third kappa shape index (κ3) is 4.17. The van der Waals surface area contributed by atoms with Crippen LogP contribution in [-0.4, -0.2) is 23.0 Å². The predicted octanol–water partition coefficient (Wildman–Crippen LogP) is 3.09. The second kappa shape index (κ2) is 6.69. The van der Waals surface area contributed by atoms with Gasteiger partial charge in [0.15, 0.2) is 0 Å². The molecule has 0 aliphatic carbocycles. The number of benzene rings is 1. The zero-order valence-corrected chi connectivity index (χ0v) is 12.3. The summed E-state index contributed by atoms with van der Waals surface area (Å²) >= 11 is 0. The van der Waals surface area contributed by atoms with Crippen LogP contribution in [0.5, 0.6) is 0 Å². The van der Waals surface area contributed by atoms with Crippen molar-refractivity contribution < 1.29 is 4.79 Å². The first-order valence-electron chi connectivity index (χ1n) is 6.77. The van der Waals surface area contributed by atoms with Crippen LogP contribution in [0.3, 0.4) is 0 Å². The van der Waals surface area contributed by atoms with Gasteiger partial charge in [-0.3, -0.25) is 5.32 Å². The summed E-state index contributed by atoms with van der Waals surface area (Å²) in [6.07, 6.45) is 1.59. The summed E-state index contributed by atoms with van der Waals surface area (Å²) in [4.78, 5) is 19.4. The maximum atomic E-state index is 11.2. The molecule has 0 saturated carbocycles. The Bertz CT molecular complexity index is 610. The van der Waals surface area contributed by atoms with Gasteiger partial charge in [-0.1, -0.05) is 26.0 Å². The standard InChI is InChI=1S/C15H19N5O/c1-10(2)11-4-6-12(7-5-11)18-13-8-9-17-14(19-13)20-15(21)16-3/h4-10H,1-3H3,(H3,16,17,18,19,20,21). The maximum absolute atomic E-state index is 11.2. The molecule has 21 heavy (non-hydrogen) atoms. The lowest BCUT2D eigenvalue weighted by Crippen LogP contribution is -2.25. The van der Waals surface area contributed by atoms with Crippen LogP contribution >= 0.6 is 0 Å². The Labute approximate surface area is 124 Å². The monoisotopic (exact) mass is 285 g/mol. The smallest absolute Gasteiger partial charge is 0.321 e. The zero-order chi connectivity index (χ0) is 15.2. The van der Waals surface area contributed by atoms with Crippen molar-refractivity contribution in [3.8, 4) is 0 Å². The van der Waals surface area contributed by atoms with E-state index in [1.807, 2.05) is 12.1 Å². The molecule has 6 nitrogen and oxygen atoms in total. The number of carbonyl (C=O) groups excluding carboxylic acids is 1. The summed E-state index contributed by atoms with van der Waals surface area (Å²) in [7, 11) is 1.54. The Balaban J connectivity index is 2.08. The molecule has 0 atom stereocenters. The number of nitrogens with one attached hydrogen (secondary N) is 3. The molecule has 2 aromatic rings. The highest BCUT2D eigenvalue weighted by Crippen LogP contribution is 2.19. The first kappa shape index (κ1) is 14.8. The van der Waals surface area contributed by atoms with E-state index in [1.165, 1.54) is 12.6 Å². The van der Waals surface area contributed by atoms with E-state index in [9.17, 15) is 4.79 Å². The first-order valence-corrected chi connectivity index (χ1v) is 6.77. The van der Waals surface area contributed by atoms with E-state index in [4.69, 9.17) is 0 Å².